The first-order valence-corrected chi connectivity index (χ1v) is 8.52. The molecular weight excluding hydrogens is 358 g/mol. The van der Waals surface area contributed by atoms with Crippen LogP contribution in [0.3, 0.4) is 0 Å². The summed E-state index contributed by atoms with van der Waals surface area (Å²) in [6.07, 6.45) is -0.208. The fourth-order valence-corrected chi connectivity index (χ4v) is 3.30. The van der Waals surface area contributed by atoms with Crippen LogP contribution in [0.5, 0.6) is 5.75 Å². The third kappa shape index (κ3) is 3.20. The van der Waals surface area contributed by atoms with E-state index in [0.717, 1.165) is 5.39 Å². The predicted molar refractivity (Wildman–Crippen MR) is 90.5 cm³/mol. The highest BCUT2D eigenvalue weighted by atomic mass is 19.3. The summed E-state index contributed by atoms with van der Waals surface area (Å²) < 4.78 is 29.7. The number of benzene rings is 1. The summed E-state index contributed by atoms with van der Waals surface area (Å²) in [4.78, 5) is 22.2. The van der Waals surface area contributed by atoms with Gasteiger partial charge in [-0.2, -0.15) is 13.8 Å². The van der Waals surface area contributed by atoms with Crippen molar-refractivity contribution >= 4 is 16.7 Å². The van der Waals surface area contributed by atoms with E-state index >= 15 is 0 Å². The van der Waals surface area contributed by atoms with Gasteiger partial charge in [-0.15, -0.1) is 0 Å². The number of pyridine rings is 1. The molecule has 0 atom stereocenters. The molecule has 1 aromatic carbocycles. The lowest BCUT2D eigenvalue weighted by molar-refractivity contribution is 0.0701. The van der Waals surface area contributed by atoms with Gasteiger partial charge in [0.25, 0.3) is 11.8 Å². The molecule has 0 spiro atoms. The zero-order chi connectivity index (χ0) is 19.0. The number of aromatic nitrogens is 3. The average Bonchev–Trinajstić information content (AvgIpc) is 3.19. The van der Waals surface area contributed by atoms with E-state index in [9.17, 15) is 18.7 Å². The van der Waals surface area contributed by atoms with Crippen LogP contribution in [-0.2, 0) is 0 Å². The molecule has 3 heterocycles. The highest BCUT2D eigenvalue weighted by Crippen LogP contribution is 2.31. The summed E-state index contributed by atoms with van der Waals surface area (Å²) in [5.41, 5.74) is 0.00620. The van der Waals surface area contributed by atoms with Gasteiger partial charge in [-0.1, -0.05) is 29.4 Å². The SMILES string of the molecule is O=C(c1ncc2ccccc2c1O)N1CCC(c2noc(C(F)F)n2)CC1. The topological polar surface area (TPSA) is 92.3 Å². The van der Waals surface area contributed by atoms with Crippen LogP contribution in [-0.4, -0.2) is 44.1 Å². The lowest BCUT2D eigenvalue weighted by atomic mass is 9.96. The molecule has 2 aromatic heterocycles. The first kappa shape index (κ1) is 17.3. The summed E-state index contributed by atoms with van der Waals surface area (Å²) >= 11 is 0. The van der Waals surface area contributed by atoms with E-state index in [1.165, 1.54) is 0 Å². The number of hydrogen-bond donors (Lipinski definition) is 1. The van der Waals surface area contributed by atoms with E-state index < -0.39 is 12.3 Å². The van der Waals surface area contributed by atoms with E-state index in [2.05, 4.69) is 19.6 Å². The van der Waals surface area contributed by atoms with Crippen LogP contribution in [0.1, 0.15) is 47.4 Å². The van der Waals surface area contributed by atoms with Gasteiger partial charge in [-0.05, 0) is 12.8 Å². The molecule has 1 aliphatic heterocycles. The van der Waals surface area contributed by atoms with Gasteiger partial charge in [-0.25, -0.2) is 4.98 Å². The van der Waals surface area contributed by atoms with Gasteiger partial charge in [0.2, 0.25) is 0 Å². The number of hydrogen-bond acceptors (Lipinski definition) is 6. The molecule has 27 heavy (non-hydrogen) atoms. The summed E-state index contributed by atoms with van der Waals surface area (Å²) in [6.45, 7) is 0.770. The molecule has 1 aliphatic rings. The van der Waals surface area contributed by atoms with Gasteiger partial charge >= 0.3 is 6.43 Å². The monoisotopic (exact) mass is 374 g/mol. The zero-order valence-electron chi connectivity index (χ0n) is 14.2. The molecule has 0 radical (unpaired) electrons. The van der Waals surface area contributed by atoms with Crippen molar-refractivity contribution in [2.75, 3.05) is 13.1 Å². The Morgan fingerprint density at radius 3 is 2.70 bits per heavy atom. The molecule has 0 aliphatic carbocycles. The molecule has 1 N–H and O–H groups in total. The molecule has 4 rings (SSSR count). The Labute approximate surface area is 152 Å². The molecule has 1 amide bonds. The molecule has 1 saturated heterocycles. The van der Waals surface area contributed by atoms with Crippen LogP contribution in [0.15, 0.2) is 35.0 Å². The predicted octanol–water partition coefficient (Wildman–Crippen LogP) is 3.28. The van der Waals surface area contributed by atoms with Gasteiger partial charge in [0.15, 0.2) is 17.3 Å². The van der Waals surface area contributed by atoms with Crippen LogP contribution < -0.4 is 0 Å². The summed E-state index contributed by atoms with van der Waals surface area (Å²) in [6, 6.07) is 7.14. The second kappa shape index (κ2) is 6.90. The molecule has 0 bridgehead atoms. The Bertz CT molecular complexity index is 984. The van der Waals surface area contributed by atoms with Crippen LogP contribution >= 0.6 is 0 Å². The van der Waals surface area contributed by atoms with Crippen molar-refractivity contribution < 1.29 is 23.2 Å². The highest BCUT2D eigenvalue weighted by Gasteiger charge is 2.30. The molecular formula is C18H16F2N4O3. The lowest BCUT2D eigenvalue weighted by Crippen LogP contribution is -2.38. The number of nitrogens with zero attached hydrogens (tertiary/aromatic N) is 4. The van der Waals surface area contributed by atoms with Crippen LogP contribution in [0.4, 0.5) is 8.78 Å². The van der Waals surface area contributed by atoms with Gasteiger partial charge in [0.05, 0.1) is 0 Å². The van der Waals surface area contributed by atoms with Crippen LogP contribution in [0.2, 0.25) is 0 Å². The molecule has 0 saturated carbocycles. The third-order valence-electron chi connectivity index (χ3n) is 4.77. The normalized spacial score (nSPS) is 15.6. The summed E-state index contributed by atoms with van der Waals surface area (Å²) in [5, 5.41) is 15.4. The maximum Gasteiger partial charge on any atom is 0.315 e. The van der Waals surface area contributed by atoms with Gasteiger partial charge < -0.3 is 14.5 Å². The number of aromatic hydroxyl groups is 1. The Morgan fingerprint density at radius 2 is 2.00 bits per heavy atom. The van der Waals surface area contributed by atoms with E-state index in [1.807, 2.05) is 6.07 Å². The minimum Gasteiger partial charge on any atom is -0.505 e. The lowest BCUT2D eigenvalue weighted by Gasteiger charge is -2.30. The van der Waals surface area contributed by atoms with Gasteiger partial charge in [0, 0.05) is 36.0 Å². The van der Waals surface area contributed by atoms with E-state index in [-0.39, 0.29) is 29.1 Å². The second-order valence-electron chi connectivity index (χ2n) is 6.40. The van der Waals surface area contributed by atoms with Crippen molar-refractivity contribution in [3.05, 3.63) is 47.9 Å². The fraction of sp³-hybridized carbons (Fsp3) is 0.333. The van der Waals surface area contributed by atoms with Crippen molar-refractivity contribution in [2.24, 2.45) is 0 Å². The molecule has 140 valence electrons. The van der Waals surface area contributed by atoms with Crippen molar-refractivity contribution in [3.63, 3.8) is 0 Å². The van der Waals surface area contributed by atoms with E-state index in [0.29, 0.717) is 31.3 Å². The molecule has 7 nitrogen and oxygen atoms in total. The van der Waals surface area contributed by atoms with E-state index in [4.69, 9.17) is 0 Å². The second-order valence-corrected chi connectivity index (χ2v) is 6.40. The van der Waals surface area contributed by atoms with Crippen molar-refractivity contribution in [1.29, 1.82) is 0 Å². The molecule has 3 aromatic rings. The minimum atomic E-state index is -2.80. The Kier molecular flexibility index (Phi) is 4.43. The number of carbonyl (C=O) groups is 1. The van der Waals surface area contributed by atoms with Gasteiger partial charge in [-0.3, -0.25) is 4.79 Å². The summed E-state index contributed by atoms with van der Waals surface area (Å²) in [7, 11) is 0. The van der Waals surface area contributed by atoms with Crippen molar-refractivity contribution in [1.82, 2.24) is 20.0 Å². The van der Waals surface area contributed by atoms with Crippen molar-refractivity contribution in [2.45, 2.75) is 25.2 Å². The molecule has 1 fully saturated rings. The number of rotatable bonds is 3. The maximum absolute atomic E-state index is 12.8. The Balaban J connectivity index is 1.48. The number of carbonyl (C=O) groups excluding carboxylic acids is 1. The highest BCUT2D eigenvalue weighted by molar-refractivity contribution is 6.01. The Morgan fingerprint density at radius 1 is 1.26 bits per heavy atom. The molecule has 0 unspecified atom stereocenters. The number of halogens is 2. The number of likely N-dealkylation sites (tertiary alicyclic amines) is 1. The van der Waals surface area contributed by atoms with Gasteiger partial charge in [0.1, 0.15) is 0 Å². The van der Waals surface area contributed by atoms with E-state index in [1.54, 1.807) is 29.3 Å². The quantitative estimate of drug-likeness (QED) is 0.756. The smallest absolute Gasteiger partial charge is 0.315 e. The number of alkyl halides is 2. The van der Waals surface area contributed by atoms with Crippen molar-refractivity contribution in [3.8, 4) is 5.75 Å². The standard InChI is InChI=1S/C18H16F2N4O3/c19-15(20)17-22-16(23-27-17)10-5-7-24(8-6-10)18(26)13-14(25)12-4-2-1-3-11(12)9-21-13/h1-4,9-10,15,25H,5-8H2. The number of fused-ring (bicyclic) bond motifs is 1. The minimum absolute atomic E-state index is 0.00620. The third-order valence-corrected chi connectivity index (χ3v) is 4.77. The number of piperidine rings is 1. The maximum atomic E-state index is 12.8. The number of amides is 1. The largest absolute Gasteiger partial charge is 0.505 e. The first-order chi connectivity index (χ1) is 13.0. The van der Waals surface area contributed by atoms with Crippen LogP contribution in [0.25, 0.3) is 10.8 Å². The summed E-state index contributed by atoms with van der Waals surface area (Å²) in [5.74, 6) is -1.10. The van der Waals surface area contributed by atoms with Crippen LogP contribution in [0, 0.1) is 0 Å². The Hall–Kier alpha value is -3.10. The fourth-order valence-electron chi connectivity index (χ4n) is 3.30. The first-order valence-electron chi connectivity index (χ1n) is 8.52. The molecule has 9 heteroatoms. The zero-order valence-corrected chi connectivity index (χ0v) is 14.2. The average molecular weight is 374 g/mol.